The first-order chi connectivity index (χ1) is 8.15. The minimum absolute atomic E-state index is 0.00588. The molecule has 0 aliphatic rings. The van der Waals surface area contributed by atoms with Crippen LogP contribution in [0.1, 0.15) is 29.6 Å². The standard InChI is InChI=1S/C13H13ClFNO/c1-2-3-4-5-8-16-13(17)11-7-6-10(14)9-12(11)15/h1,6-7,9H,3-5,8H2,(H,16,17). The molecule has 1 rings (SSSR count). The summed E-state index contributed by atoms with van der Waals surface area (Å²) in [6.45, 7) is 0.489. The first-order valence-corrected chi connectivity index (χ1v) is 5.69. The molecule has 1 N–H and O–H groups in total. The molecule has 0 aliphatic carbocycles. The summed E-state index contributed by atoms with van der Waals surface area (Å²) in [5.74, 6) is 1.47. The molecule has 1 aromatic carbocycles. The molecule has 0 aromatic heterocycles. The molecule has 0 saturated heterocycles. The van der Waals surface area contributed by atoms with Crippen LogP contribution in [0, 0.1) is 18.2 Å². The van der Waals surface area contributed by atoms with E-state index < -0.39 is 11.7 Å². The molecule has 0 spiro atoms. The molecular weight excluding hydrogens is 241 g/mol. The number of amides is 1. The van der Waals surface area contributed by atoms with E-state index in [1.165, 1.54) is 12.1 Å². The monoisotopic (exact) mass is 253 g/mol. The molecule has 2 nitrogen and oxygen atoms in total. The largest absolute Gasteiger partial charge is 0.352 e. The smallest absolute Gasteiger partial charge is 0.254 e. The third kappa shape index (κ3) is 4.46. The van der Waals surface area contributed by atoms with Crippen molar-refractivity contribution in [2.45, 2.75) is 19.3 Å². The summed E-state index contributed by atoms with van der Waals surface area (Å²) in [6.07, 6.45) is 7.41. The van der Waals surface area contributed by atoms with Crippen LogP contribution in [0.25, 0.3) is 0 Å². The molecule has 17 heavy (non-hydrogen) atoms. The number of hydrogen-bond acceptors (Lipinski definition) is 1. The van der Waals surface area contributed by atoms with Crippen LogP contribution in [0.5, 0.6) is 0 Å². The van der Waals surface area contributed by atoms with Crippen LogP contribution < -0.4 is 5.32 Å². The van der Waals surface area contributed by atoms with Gasteiger partial charge in [0, 0.05) is 18.0 Å². The Labute approximate surface area is 105 Å². The van der Waals surface area contributed by atoms with Crippen LogP contribution in [-0.4, -0.2) is 12.5 Å². The normalized spacial score (nSPS) is 9.71. The molecular formula is C13H13ClFNO. The summed E-state index contributed by atoms with van der Waals surface area (Å²) in [5.41, 5.74) is 0.00588. The van der Waals surface area contributed by atoms with Crippen LogP contribution in [-0.2, 0) is 0 Å². The van der Waals surface area contributed by atoms with Gasteiger partial charge in [-0.1, -0.05) is 11.6 Å². The Morgan fingerprint density at radius 1 is 1.47 bits per heavy atom. The number of nitrogens with one attached hydrogen (secondary N) is 1. The van der Waals surface area contributed by atoms with Crippen LogP contribution in [0.3, 0.4) is 0 Å². The van der Waals surface area contributed by atoms with E-state index in [0.29, 0.717) is 13.0 Å². The van der Waals surface area contributed by atoms with E-state index in [4.69, 9.17) is 18.0 Å². The number of benzene rings is 1. The van der Waals surface area contributed by atoms with E-state index >= 15 is 0 Å². The lowest BCUT2D eigenvalue weighted by molar-refractivity contribution is 0.0949. The maximum Gasteiger partial charge on any atom is 0.254 e. The highest BCUT2D eigenvalue weighted by atomic mass is 35.5. The lowest BCUT2D eigenvalue weighted by Gasteiger charge is -2.05. The summed E-state index contributed by atoms with van der Waals surface area (Å²) >= 11 is 5.59. The number of unbranched alkanes of at least 4 members (excludes halogenated alkanes) is 2. The molecule has 0 saturated carbocycles. The average molecular weight is 254 g/mol. The highest BCUT2D eigenvalue weighted by molar-refractivity contribution is 6.30. The van der Waals surface area contributed by atoms with Crippen LogP contribution in [0.2, 0.25) is 5.02 Å². The molecule has 0 aliphatic heterocycles. The van der Waals surface area contributed by atoms with Gasteiger partial charge in [-0.25, -0.2) is 4.39 Å². The predicted octanol–water partition coefficient (Wildman–Crippen LogP) is 3.01. The summed E-state index contributed by atoms with van der Waals surface area (Å²) in [7, 11) is 0. The maximum absolute atomic E-state index is 13.4. The maximum atomic E-state index is 13.4. The molecule has 1 aromatic rings. The topological polar surface area (TPSA) is 29.1 Å². The highest BCUT2D eigenvalue weighted by Crippen LogP contribution is 2.14. The van der Waals surface area contributed by atoms with E-state index in [1.807, 2.05) is 0 Å². The van der Waals surface area contributed by atoms with E-state index in [0.717, 1.165) is 18.9 Å². The van der Waals surface area contributed by atoms with E-state index in [1.54, 1.807) is 0 Å². The van der Waals surface area contributed by atoms with E-state index in [2.05, 4.69) is 11.2 Å². The van der Waals surface area contributed by atoms with Gasteiger partial charge in [-0.05, 0) is 31.0 Å². The predicted molar refractivity (Wildman–Crippen MR) is 66.4 cm³/mol. The zero-order valence-corrected chi connectivity index (χ0v) is 10.1. The molecule has 0 radical (unpaired) electrons. The number of carbonyl (C=O) groups excluding carboxylic acids is 1. The van der Waals surface area contributed by atoms with Crippen molar-refractivity contribution in [2.24, 2.45) is 0 Å². The van der Waals surface area contributed by atoms with Gasteiger partial charge >= 0.3 is 0 Å². The zero-order valence-electron chi connectivity index (χ0n) is 9.30. The second-order valence-corrected chi connectivity index (χ2v) is 3.98. The number of halogens is 2. The summed E-state index contributed by atoms with van der Waals surface area (Å²) < 4.78 is 13.4. The molecule has 0 fully saturated rings. The lowest BCUT2D eigenvalue weighted by Crippen LogP contribution is -2.25. The minimum Gasteiger partial charge on any atom is -0.352 e. The summed E-state index contributed by atoms with van der Waals surface area (Å²) in [4.78, 5) is 11.6. The van der Waals surface area contributed by atoms with E-state index in [-0.39, 0.29) is 10.6 Å². The van der Waals surface area contributed by atoms with Crippen molar-refractivity contribution in [2.75, 3.05) is 6.54 Å². The first-order valence-electron chi connectivity index (χ1n) is 5.32. The van der Waals surface area contributed by atoms with Crippen molar-refractivity contribution in [1.82, 2.24) is 5.32 Å². The van der Waals surface area contributed by atoms with Crippen molar-refractivity contribution in [3.8, 4) is 12.3 Å². The fraction of sp³-hybridized carbons (Fsp3) is 0.308. The van der Waals surface area contributed by atoms with Crippen LogP contribution in [0.15, 0.2) is 18.2 Å². The summed E-state index contributed by atoms with van der Waals surface area (Å²) in [5, 5.41) is 2.90. The molecule has 0 unspecified atom stereocenters. The lowest BCUT2D eigenvalue weighted by atomic mass is 10.2. The second-order valence-electron chi connectivity index (χ2n) is 3.54. The molecule has 0 heterocycles. The highest BCUT2D eigenvalue weighted by Gasteiger charge is 2.10. The van der Waals surface area contributed by atoms with Crippen molar-refractivity contribution in [1.29, 1.82) is 0 Å². The van der Waals surface area contributed by atoms with Gasteiger partial charge in [-0.15, -0.1) is 12.3 Å². The third-order valence-corrected chi connectivity index (χ3v) is 2.44. The van der Waals surface area contributed by atoms with Crippen molar-refractivity contribution >= 4 is 17.5 Å². The number of carbonyl (C=O) groups is 1. The SMILES string of the molecule is C#CCCCCNC(=O)c1ccc(Cl)cc1F. The number of hydrogen-bond donors (Lipinski definition) is 1. The fourth-order valence-electron chi connectivity index (χ4n) is 1.32. The van der Waals surface area contributed by atoms with Crippen molar-refractivity contribution in [3.05, 3.63) is 34.6 Å². The van der Waals surface area contributed by atoms with Crippen molar-refractivity contribution < 1.29 is 9.18 Å². The van der Waals surface area contributed by atoms with Gasteiger partial charge in [0.1, 0.15) is 5.82 Å². The Bertz CT molecular complexity index is 440. The first kappa shape index (κ1) is 13.5. The van der Waals surface area contributed by atoms with Gasteiger partial charge < -0.3 is 5.32 Å². The summed E-state index contributed by atoms with van der Waals surface area (Å²) in [6, 6.07) is 3.97. The minimum atomic E-state index is -0.612. The van der Waals surface area contributed by atoms with E-state index in [9.17, 15) is 9.18 Å². The Morgan fingerprint density at radius 2 is 2.24 bits per heavy atom. The van der Waals surface area contributed by atoms with Crippen LogP contribution in [0.4, 0.5) is 4.39 Å². The van der Waals surface area contributed by atoms with Gasteiger partial charge in [0.2, 0.25) is 0 Å². The van der Waals surface area contributed by atoms with Gasteiger partial charge in [0.25, 0.3) is 5.91 Å². The average Bonchev–Trinajstić information content (AvgIpc) is 2.28. The third-order valence-electron chi connectivity index (χ3n) is 2.21. The van der Waals surface area contributed by atoms with Gasteiger partial charge in [-0.2, -0.15) is 0 Å². The quantitative estimate of drug-likeness (QED) is 0.634. The molecule has 0 atom stereocenters. The van der Waals surface area contributed by atoms with Gasteiger partial charge in [0.05, 0.1) is 5.56 Å². The molecule has 90 valence electrons. The zero-order chi connectivity index (χ0) is 12.7. The van der Waals surface area contributed by atoms with Gasteiger partial charge in [0.15, 0.2) is 0 Å². The Hall–Kier alpha value is -1.53. The van der Waals surface area contributed by atoms with Crippen LogP contribution >= 0.6 is 11.6 Å². The molecule has 4 heteroatoms. The Morgan fingerprint density at radius 3 is 2.88 bits per heavy atom. The Balaban J connectivity index is 2.45. The molecule has 0 bridgehead atoms. The fourth-order valence-corrected chi connectivity index (χ4v) is 1.48. The molecule has 1 amide bonds. The van der Waals surface area contributed by atoms with Gasteiger partial charge in [-0.3, -0.25) is 4.79 Å². The number of rotatable bonds is 5. The van der Waals surface area contributed by atoms with Crippen molar-refractivity contribution in [3.63, 3.8) is 0 Å². The second kappa shape index (κ2) is 6.93. The number of terminal acetylenes is 1. The Kier molecular flexibility index (Phi) is 5.51.